The van der Waals surface area contributed by atoms with E-state index in [-0.39, 0.29) is 17.9 Å². The van der Waals surface area contributed by atoms with Crippen molar-refractivity contribution in [2.75, 3.05) is 32.9 Å². The van der Waals surface area contributed by atoms with Gasteiger partial charge in [-0.25, -0.2) is 4.98 Å². The molecular weight excluding hydrogens is 260 g/mol. The quantitative estimate of drug-likeness (QED) is 0.861. The fourth-order valence-electron chi connectivity index (χ4n) is 2.61. The molecule has 0 unspecified atom stereocenters. The molecule has 3 rings (SSSR count). The first-order valence-corrected chi connectivity index (χ1v) is 7.17. The van der Waals surface area contributed by atoms with E-state index >= 15 is 0 Å². The summed E-state index contributed by atoms with van der Waals surface area (Å²) in [7, 11) is 0. The maximum Gasteiger partial charge on any atom is 0.228 e. The number of hydrogen-bond donors (Lipinski definition) is 1. The minimum absolute atomic E-state index is 0.00657. The molecule has 7 nitrogen and oxygen atoms in total. The number of morpholine rings is 1. The molecule has 0 radical (unpaired) electrons. The summed E-state index contributed by atoms with van der Waals surface area (Å²) >= 11 is 0. The van der Waals surface area contributed by atoms with Gasteiger partial charge in [-0.05, 0) is 6.42 Å². The highest BCUT2D eigenvalue weighted by atomic mass is 16.5. The molecule has 0 bridgehead atoms. The molecule has 2 aliphatic rings. The summed E-state index contributed by atoms with van der Waals surface area (Å²) < 4.78 is 11.0. The number of ether oxygens (including phenoxy) is 2. The van der Waals surface area contributed by atoms with Crippen LogP contribution in [-0.2, 0) is 20.7 Å². The highest BCUT2D eigenvalue weighted by molar-refractivity contribution is 5.79. The number of aromatic amines is 1. The molecule has 0 saturated carbocycles. The molecule has 1 amide bonds. The molecule has 2 atom stereocenters. The first-order chi connectivity index (χ1) is 9.78. The number of rotatable bonds is 3. The second-order valence-corrected chi connectivity index (χ2v) is 5.20. The van der Waals surface area contributed by atoms with Crippen LogP contribution in [0.4, 0.5) is 0 Å². The van der Waals surface area contributed by atoms with Crippen LogP contribution in [0.5, 0.6) is 0 Å². The van der Waals surface area contributed by atoms with Crippen molar-refractivity contribution < 1.29 is 14.3 Å². The lowest BCUT2D eigenvalue weighted by Gasteiger charge is -2.33. The van der Waals surface area contributed by atoms with Crippen molar-refractivity contribution >= 4 is 5.91 Å². The maximum atomic E-state index is 12.4. The Kier molecular flexibility index (Phi) is 3.98. The van der Waals surface area contributed by atoms with Crippen LogP contribution in [0.25, 0.3) is 0 Å². The van der Waals surface area contributed by atoms with Crippen molar-refractivity contribution in [2.24, 2.45) is 5.92 Å². The lowest BCUT2D eigenvalue weighted by atomic mass is 10.1. The zero-order valence-corrected chi connectivity index (χ0v) is 11.7. The van der Waals surface area contributed by atoms with Gasteiger partial charge in [0.05, 0.1) is 25.7 Å². The summed E-state index contributed by atoms with van der Waals surface area (Å²) in [6, 6.07) is 0. The number of aryl methyl sites for hydroxylation is 1. The lowest BCUT2D eigenvalue weighted by Crippen LogP contribution is -2.45. The standard InChI is InChI=1S/C13H20N4O3/c1-2-11-14-12(16-15-11)10-7-17(4-6-20-10)13(18)9-3-5-19-8-9/h9-10H,2-8H2,1H3,(H,14,15,16)/t9-,10-/m0/s1. The molecule has 7 heteroatoms. The molecule has 1 aromatic heterocycles. The van der Waals surface area contributed by atoms with E-state index < -0.39 is 0 Å². The van der Waals surface area contributed by atoms with Crippen LogP contribution in [0.1, 0.15) is 31.1 Å². The normalized spacial score (nSPS) is 26.9. The van der Waals surface area contributed by atoms with E-state index in [4.69, 9.17) is 9.47 Å². The van der Waals surface area contributed by atoms with Gasteiger partial charge >= 0.3 is 0 Å². The number of carbonyl (C=O) groups excluding carboxylic acids is 1. The number of carbonyl (C=O) groups is 1. The summed E-state index contributed by atoms with van der Waals surface area (Å²) in [5, 5.41) is 7.07. The topological polar surface area (TPSA) is 80.3 Å². The molecule has 1 N–H and O–H groups in total. The predicted molar refractivity (Wildman–Crippen MR) is 70.0 cm³/mol. The Labute approximate surface area is 117 Å². The van der Waals surface area contributed by atoms with Gasteiger partial charge < -0.3 is 14.4 Å². The average Bonchev–Trinajstić information content (AvgIpc) is 3.17. The summed E-state index contributed by atoms with van der Waals surface area (Å²) in [5.74, 6) is 1.66. The van der Waals surface area contributed by atoms with Crippen molar-refractivity contribution in [3.05, 3.63) is 11.6 Å². The molecule has 1 aromatic rings. The van der Waals surface area contributed by atoms with Gasteiger partial charge in [-0.15, -0.1) is 0 Å². The fourth-order valence-corrected chi connectivity index (χ4v) is 2.61. The van der Waals surface area contributed by atoms with Crippen LogP contribution in [0.2, 0.25) is 0 Å². The zero-order valence-electron chi connectivity index (χ0n) is 11.7. The second-order valence-electron chi connectivity index (χ2n) is 5.20. The van der Waals surface area contributed by atoms with E-state index in [9.17, 15) is 4.79 Å². The largest absolute Gasteiger partial charge is 0.381 e. The van der Waals surface area contributed by atoms with Crippen molar-refractivity contribution in [1.82, 2.24) is 20.1 Å². The Bertz CT molecular complexity index is 470. The van der Waals surface area contributed by atoms with Crippen molar-refractivity contribution in [3.8, 4) is 0 Å². The van der Waals surface area contributed by atoms with Crippen molar-refractivity contribution in [2.45, 2.75) is 25.9 Å². The number of amides is 1. The Balaban J connectivity index is 1.65. The number of nitrogens with zero attached hydrogens (tertiary/aromatic N) is 3. The van der Waals surface area contributed by atoms with Crippen LogP contribution in [-0.4, -0.2) is 58.9 Å². The molecule has 2 aliphatic heterocycles. The van der Waals surface area contributed by atoms with Gasteiger partial charge in [0.1, 0.15) is 11.9 Å². The van der Waals surface area contributed by atoms with E-state index in [0.717, 1.165) is 18.7 Å². The van der Waals surface area contributed by atoms with E-state index in [2.05, 4.69) is 15.2 Å². The van der Waals surface area contributed by atoms with Crippen LogP contribution in [0.3, 0.4) is 0 Å². The van der Waals surface area contributed by atoms with Gasteiger partial charge in [0, 0.05) is 19.6 Å². The molecule has 2 saturated heterocycles. The summed E-state index contributed by atoms with van der Waals surface area (Å²) in [6.07, 6.45) is 1.40. The molecule has 110 valence electrons. The number of H-pyrrole nitrogens is 1. The van der Waals surface area contributed by atoms with Gasteiger partial charge in [0.15, 0.2) is 5.82 Å². The van der Waals surface area contributed by atoms with E-state index in [1.54, 1.807) is 0 Å². The molecule has 3 heterocycles. The van der Waals surface area contributed by atoms with E-state index in [1.165, 1.54) is 0 Å². The van der Waals surface area contributed by atoms with Gasteiger partial charge in [-0.1, -0.05) is 6.92 Å². The van der Waals surface area contributed by atoms with Crippen molar-refractivity contribution in [3.63, 3.8) is 0 Å². The Morgan fingerprint density at radius 2 is 2.40 bits per heavy atom. The summed E-state index contributed by atoms with van der Waals surface area (Å²) in [6.45, 7) is 4.93. The zero-order chi connectivity index (χ0) is 13.9. The number of nitrogens with one attached hydrogen (secondary N) is 1. The van der Waals surface area contributed by atoms with E-state index in [0.29, 0.717) is 38.7 Å². The Morgan fingerprint density at radius 1 is 1.50 bits per heavy atom. The highest BCUT2D eigenvalue weighted by Crippen LogP contribution is 2.23. The molecular formula is C13H20N4O3. The maximum absolute atomic E-state index is 12.4. The van der Waals surface area contributed by atoms with Crippen LogP contribution in [0.15, 0.2) is 0 Å². The smallest absolute Gasteiger partial charge is 0.228 e. The van der Waals surface area contributed by atoms with Gasteiger partial charge in [-0.2, -0.15) is 5.10 Å². The SMILES string of the molecule is CCc1nc([C@@H]2CN(C(=O)[C@H]3CCOC3)CCO2)n[nH]1. The van der Waals surface area contributed by atoms with Gasteiger partial charge in [-0.3, -0.25) is 9.89 Å². The molecule has 0 aromatic carbocycles. The molecule has 2 fully saturated rings. The summed E-state index contributed by atoms with van der Waals surface area (Å²) in [5.41, 5.74) is 0. The Hall–Kier alpha value is -1.47. The van der Waals surface area contributed by atoms with Crippen molar-refractivity contribution in [1.29, 1.82) is 0 Å². The monoisotopic (exact) mass is 280 g/mol. The predicted octanol–water partition coefficient (Wildman–Crippen LogP) is 0.304. The molecule has 0 aliphatic carbocycles. The van der Waals surface area contributed by atoms with Gasteiger partial charge in [0.25, 0.3) is 0 Å². The number of aromatic nitrogens is 3. The molecule has 20 heavy (non-hydrogen) atoms. The second kappa shape index (κ2) is 5.88. The van der Waals surface area contributed by atoms with Crippen LogP contribution >= 0.6 is 0 Å². The minimum atomic E-state index is -0.230. The third-order valence-electron chi connectivity index (χ3n) is 3.83. The van der Waals surface area contributed by atoms with Crippen LogP contribution in [0, 0.1) is 5.92 Å². The third kappa shape index (κ3) is 2.69. The van der Waals surface area contributed by atoms with E-state index in [1.807, 2.05) is 11.8 Å². The average molecular weight is 280 g/mol. The fraction of sp³-hybridized carbons (Fsp3) is 0.769. The lowest BCUT2D eigenvalue weighted by molar-refractivity contribution is -0.143. The number of hydrogen-bond acceptors (Lipinski definition) is 5. The van der Waals surface area contributed by atoms with Gasteiger partial charge in [0.2, 0.25) is 5.91 Å². The summed E-state index contributed by atoms with van der Waals surface area (Å²) in [4.78, 5) is 18.6. The third-order valence-corrected chi connectivity index (χ3v) is 3.83. The van der Waals surface area contributed by atoms with Crippen LogP contribution < -0.4 is 0 Å². The minimum Gasteiger partial charge on any atom is -0.381 e. The Morgan fingerprint density at radius 3 is 3.10 bits per heavy atom. The highest BCUT2D eigenvalue weighted by Gasteiger charge is 2.33. The molecule has 0 spiro atoms. The first kappa shape index (κ1) is 13.5. The first-order valence-electron chi connectivity index (χ1n) is 7.17.